The molecule has 0 saturated heterocycles. The lowest BCUT2D eigenvalue weighted by molar-refractivity contribution is -0.137. The van der Waals surface area contributed by atoms with Crippen LogP contribution in [0, 0.1) is 6.07 Å². The molecule has 0 saturated carbocycles. The molecule has 0 unspecified atom stereocenters. The summed E-state index contributed by atoms with van der Waals surface area (Å²) >= 11 is 0. The molecule has 1 radical (unpaired) electrons. The van der Waals surface area contributed by atoms with E-state index in [4.69, 9.17) is 0 Å². The van der Waals surface area contributed by atoms with Gasteiger partial charge in [0.15, 0.2) is 0 Å². The maximum atomic E-state index is 12.3. The topological polar surface area (TPSA) is 12.0 Å². The normalized spacial score (nSPS) is 12.7. The van der Waals surface area contributed by atoms with E-state index in [2.05, 4.69) is 11.4 Å². The molecule has 0 aliphatic heterocycles. The van der Waals surface area contributed by atoms with Crippen LogP contribution in [0.1, 0.15) is 26.3 Å². The molecule has 0 fully saturated rings. The predicted molar refractivity (Wildman–Crippen MR) is 53.7 cm³/mol. The van der Waals surface area contributed by atoms with Gasteiger partial charge in [-0.3, -0.25) is 0 Å². The Labute approximate surface area is 87.3 Å². The van der Waals surface area contributed by atoms with Crippen LogP contribution in [0.3, 0.4) is 0 Å². The second-order valence-electron chi connectivity index (χ2n) is 4.36. The number of alkyl halides is 3. The van der Waals surface area contributed by atoms with Crippen LogP contribution in [0.2, 0.25) is 0 Å². The molecule has 4 heteroatoms. The lowest BCUT2D eigenvalue weighted by Gasteiger charge is -2.22. The first-order valence-electron chi connectivity index (χ1n) is 4.55. The van der Waals surface area contributed by atoms with Crippen molar-refractivity contribution in [2.75, 3.05) is 5.32 Å². The molecule has 0 amide bonds. The van der Waals surface area contributed by atoms with Crippen molar-refractivity contribution in [1.29, 1.82) is 0 Å². The van der Waals surface area contributed by atoms with E-state index in [9.17, 15) is 13.2 Å². The minimum absolute atomic E-state index is 0.260. The van der Waals surface area contributed by atoms with Gasteiger partial charge in [-0.2, -0.15) is 13.2 Å². The minimum Gasteiger partial charge on any atom is -0.380 e. The van der Waals surface area contributed by atoms with E-state index in [0.717, 1.165) is 6.07 Å². The van der Waals surface area contributed by atoms with Gasteiger partial charge >= 0.3 is 6.18 Å². The van der Waals surface area contributed by atoms with Crippen molar-refractivity contribution in [2.24, 2.45) is 0 Å². The van der Waals surface area contributed by atoms with Crippen LogP contribution >= 0.6 is 0 Å². The molecular weight excluding hydrogens is 203 g/mol. The highest BCUT2D eigenvalue weighted by Gasteiger charge is 2.30. The summed E-state index contributed by atoms with van der Waals surface area (Å²) in [7, 11) is 0. The van der Waals surface area contributed by atoms with E-state index in [1.807, 2.05) is 20.8 Å². The average molecular weight is 216 g/mol. The predicted octanol–water partition coefficient (Wildman–Crippen LogP) is 3.72. The number of rotatable bonds is 1. The summed E-state index contributed by atoms with van der Waals surface area (Å²) in [5, 5.41) is 2.97. The first-order chi connectivity index (χ1) is 6.68. The van der Waals surface area contributed by atoms with Crippen LogP contribution < -0.4 is 5.32 Å². The average Bonchev–Trinajstić information content (AvgIpc) is 1.99. The van der Waals surface area contributed by atoms with Crippen LogP contribution in [0.25, 0.3) is 0 Å². The number of benzene rings is 1. The minimum atomic E-state index is -4.34. The molecule has 83 valence electrons. The van der Waals surface area contributed by atoms with Gasteiger partial charge in [-0.1, -0.05) is 6.07 Å². The lowest BCUT2D eigenvalue weighted by atomic mass is 10.1. The number of nitrogens with one attached hydrogen (secondary N) is 1. The second-order valence-corrected chi connectivity index (χ2v) is 4.36. The van der Waals surface area contributed by atoms with E-state index in [-0.39, 0.29) is 5.54 Å². The molecule has 1 N–H and O–H groups in total. The summed E-state index contributed by atoms with van der Waals surface area (Å²) in [4.78, 5) is 0. The van der Waals surface area contributed by atoms with E-state index >= 15 is 0 Å². The van der Waals surface area contributed by atoms with Crippen molar-refractivity contribution in [2.45, 2.75) is 32.5 Å². The highest BCUT2D eigenvalue weighted by molar-refractivity contribution is 5.47. The third-order valence-corrected chi connectivity index (χ3v) is 1.63. The number of hydrogen-bond donors (Lipinski definition) is 1. The molecule has 1 rings (SSSR count). The third kappa shape index (κ3) is 3.81. The van der Waals surface area contributed by atoms with Crippen LogP contribution in [0.5, 0.6) is 0 Å². The van der Waals surface area contributed by atoms with Crippen molar-refractivity contribution in [3.63, 3.8) is 0 Å². The highest BCUT2D eigenvalue weighted by atomic mass is 19.4. The Kier molecular flexibility index (Phi) is 2.98. The summed E-state index contributed by atoms with van der Waals surface area (Å²) in [6.07, 6.45) is -4.34. The molecule has 0 heterocycles. The molecule has 15 heavy (non-hydrogen) atoms. The van der Waals surface area contributed by atoms with Crippen molar-refractivity contribution in [1.82, 2.24) is 0 Å². The Balaban J connectivity index is 2.94. The Morgan fingerprint density at radius 1 is 1.20 bits per heavy atom. The van der Waals surface area contributed by atoms with Crippen LogP contribution in [-0.4, -0.2) is 5.54 Å². The quantitative estimate of drug-likeness (QED) is 0.754. The van der Waals surface area contributed by atoms with Crippen molar-refractivity contribution in [3.8, 4) is 0 Å². The Morgan fingerprint density at radius 2 is 1.80 bits per heavy atom. The van der Waals surface area contributed by atoms with Crippen LogP contribution in [0.4, 0.5) is 18.9 Å². The summed E-state index contributed by atoms with van der Waals surface area (Å²) in [5.41, 5.74) is -0.560. The van der Waals surface area contributed by atoms with E-state index in [1.54, 1.807) is 6.07 Å². The number of hydrogen-bond acceptors (Lipinski definition) is 1. The lowest BCUT2D eigenvalue weighted by Crippen LogP contribution is -2.26. The standard InChI is InChI=1S/C11H13F3N/c1-10(2,3)15-9-6-4-5-8(7-9)11(12,13)14/h4,6-7,15H,1-3H3. The molecule has 0 aliphatic rings. The third-order valence-electron chi connectivity index (χ3n) is 1.63. The molecule has 1 nitrogen and oxygen atoms in total. The van der Waals surface area contributed by atoms with Gasteiger partial charge in [0.1, 0.15) is 0 Å². The molecular formula is C11H13F3N. The van der Waals surface area contributed by atoms with Gasteiger partial charge in [0, 0.05) is 11.2 Å². The fourth-order valence-electron chi connectivity index (χ4n) is 1.14. The molecule has 0 atom stereocenters. The number of anilines is 1. The zero-order valence-electron chi connectivity index (χ0n) is 8.87. The second kappa shape index (κ2) is 3.76. The van der Waals surface area contributed by atoms with Gasteiger partial charge in [-0.05, 0) is 39.0 Å². The van der Waals surface area contributed by atoms with Crippen LogP contribution in [-0.2, 0) is 6.18 Å². The molecule has 0 spiro atoms. The van der Waals surface area contributed by atoms with E-state index < -0.39 is 11.7 Å². The van der Waals surface area contributed by atoms with Gasteiger partial charge < -0.3 is 5.32 Å². The van der Waals surface area contributed by atoms with Crippen molar-refractivity contribution < 1.29 is 13.2 Å². The largest absolute Gasteiger partial charge is 0.417 e. The van der Waals surface area contributed by atoms with Gasteiger partial charge in [0.25, 0.3) is 0 Å². The summed E-state index contributed by atoms with van der Waals surface area (Å²) in [6, 6.07) is 6.07. The SMILES string of the molecule is CC(C)(C)Nc1cc[c]c(C(F)(F)F)c1. The van der Waals surface area contributed by atoms with Gasteiger partial charge in [0.2, 0.25) is 0 Å². The fraction of sp³-hybridized carbons (Fsp3) is 0.455. The molecule has 1 aromatic rings. The molecule has 0 aromatic heterocycles. The zero-order chi connectivity index (χ0) is 11.7. The zero-order valence-corrected chi connectivity index (χ0v) is 8.87. The van der Waals surface area contributed by atoms with Crippen LogP contribution in [0.15, 0.2) is 18.2 Å². The highest BCUT2D eigenvalue weighted by Crippen LogP contribution is 2.30. The first kappa shape index (κ1) is 11.9. The van der Waals surface area contributed by atoms with E-state index in [1.165, 1.54) is 6.07 Å². The van der Waals surface area contributed by atoms with Gasteiger partial charge in [-0.25, -0.2) is 0 Å². The fourth-order valence-corrected chi connectivity index (χ4v) is 1.14. The molecule has 0 bridgehead atoms. The van der Waals surface area contributed by atoms with Gasteiger partial charge in [-0.15, -0.1) is 0 Å². The number of halogens is 3. The Morgan fingerprint density at radius 3 is 2.27 bits per heavy atom. The molecule has 1 aromatic carbocycles. The van der Waals surface area contributed by atoms with Crippen molar-refractivity contribution >= 4 is 5.69 Å². The molecule has 0 aliphatic carbocycles. The summed E-state index contributed by atoms with van der Waals surface area (Å²) < 4.78 is 37.0. The monoisotopic (exact) mass is 216 g/mol. The maximum Gasteiger partial charge on any atom is 0.417 e. The Hall–Kier alpha value is -1.19. The summed E-state index contributed by atoms with van der Waals surface area (Å²) in [6.45, 7) is 5.66. The maximum absolute atomic E-state index is 12.3. The van der Waals surface area contributed by atoms with E-state index in [0.29, 0.717) is 5.69 Å². The smallest absolute Gasteiger partial charge is 0.380 e. The van der Waals surface area contributed by atoms with Gasteiger partial charge in [0.05, 0.1) is 5.56 Å². The first-order valence-corrected chi connectivity index (χ1v) is 4.55. The van der Waals surface area contributed by atoms with Crippen molar-refractivity contribution in [3.05, 3.63) is 29.8 Å². The summed E-state index contributed by atoms with van der Waals surface area (Å²) in [5.74, 6) is 0. The Bertz CT molecular complexity index is 336.